The van der Waals surface area contributed by atoms with Gasteiger partial charge in [-0.3, -0.25) is 9.68 Å². The molecule has 0 unspecified atom stereocenters. The molecule has 280 valence electrons. The maximum Gasteiger partial charge on any atom is 0.407 e. The number of aliphatic hydroxyl groups excluding tert-OH is 2. The van der Waals surface area contributed by atoms with Crippen molar-refractivity contribution in [2.24, 2.45) is 11.0 Å². The van der Waals surface area contributed by atoms with Crippen molar-refractivity contribution in [3.63, 3.8) is 0 Å². The zero-order valence-electron chi connectivity index (χ0n) is 28.1. The molecule has 2 heterocycles. The van der Waals surface area contributed by atoms with Crippen molar-refractivity contribution < 1.29 is 52.3 Å². The van der Waals surface area contributed by atoms with Gasteiger partial charge in [0, 0.05) is 19.3 Å². The van der Waals surface area contributed by atoms with E-state index in [1.807, 2.05) is 30.3 Å². The normalized spacial score (nSPS) is 22.0. The third kappa shape index (κ3) is 10.7. The molecule has 1 amide bonds. The molecule has 2 aliphatic heterocycles. The molecule has 0 aromatic heterocycles. The Hall–Kier alpha value is -4.11. The van der Waals surface area contributed by atoms with Crippen LogP contribution in [0.5, 0.6) is 0 Å². The van der Waals surface area contributed by atoms with Crippen LogP contribution in [0.15, 0.2) is 64.6 Å². The van der Waals surface area contributed by atoms with Gasteiger partial charge in [-0.05, 0) is 49.4 Å². The predicted molar refractivity (Wildman–Crippen MR) is 180 cm³/mol. The second kappa shape index (κ2) is 17.9. The topological polar surface area (TPSA) is 224 Å². The molecule has 19 heteroatoms. The minimum absolute atomic E-state index is 0.0606. The second-order valence-electron chi connectivity index (χ2n) is 12.4. The summed E-state index contributed by atoms with van der Waals surface area (Å²) in [7, 11) is -3.12. The molecular formula is C32H44N6O12S. The van der Waals surface area contributed by atoms with Crippen LogP contribution in [0.2, 0.25) is 0 Å². The molecule has 51 heavy (non-hydrogen) atoms. The fourth-order valence-electron chi connectivity index (χ4n) is 6.12. The second-order valence-corrected chi connectivity index (χ2v) is 14.2. The maximum atomic E-state index is 14.1. The highest BCUT2D eigenvalue weighted by Gasteiger charge is 2.44. The third-order valence-corrected chi connectivity index (χ3v) is 10.4. The number of hydrazone groups is 1. The fraction of sp³-hybridized carbons (Fsp3) is 0.562. The van der Waals surface area contributed by atoms with E-state index in [2.05, 4.69) is 15.7 Å². The Kier molecular flexibility index (Phi) is 13.4. The van der Waals surface area contributed by atoms with E-state index in [1.165, 1.54) is 25.2 Å². The van der Waals surface area contributed by atoms with Gasteiger partial charge in [0.05, 0.1) is 55.4 Å². The first-order chi connectivity index (χ1) is 24.5. The highest BCUT2D eigenvalue weighted by Crippen LogP contribution is 2.33. The summed E-state index contributed by atoms with van der Waals surface area (Å²) in [6, 6.07) is 13.2. The summed E-state index contributed by atoms with van der Waals surface area (Å²) in [4.78, 5) is 34.7. The molecule has 5 rings (SSSR count). The number of carbonyl (C=O) groups is 1. The summed E-state index contributed by atoms with van der Waals surface area (Å²) in [6.45, 7) is 0.280. The SMILES string of the molecule is CN(OCCNc1cccc(S(=O)(=O)N(C[C@@H](O)[C@H](Cc2ccccc2)NC(=O)O[C@@H]2CO[C@@H]3OCC[C@@H]32)OC2CCCC2)c1)C(O)=N[N+](=O)[O-]. The Morgan fingerprint density at radius 3 is 2.65 bits per heavy atom. The smallest absolute Gasteiger partial charge is 0.407 e. The number of nitrogens with one attached hydrogen (secondary N) is 2. The Morgan fingerprint density at radius 1 is 1.14 bits per heavy atom. The van der Waals surface area contributed by atoms with Crippen LogP contribution in [0.25, 0.3) is 0 Å². The van der Waals surface area contributed by atoms with Crippen LogP contribution in [0.4, 0.5) is 10.5 Å². The number of hydrogen-bond acceptors (Lipinski definition) is 12. The van der Waals surface area contributed by atoms with E-state index in [9.17, 15) is 33.5 Å². The van der Waals surface area contributed by atoms with E-state index in [0.29, 0.717) is 31.6 Å². The van der Waals surface area contributed by atoms with Crippen molar-refractivity contribution >= 4 is 27.8 Å². The number of hydroxylamine groups is 3. The molecule has 1 saturated carbocycles. The molecule has 1 aliphatic carbocycles. The van der Waals surface area contributed by atoms with Crippen molar-refractivity contribution in [1.82, 2.24) is 14.8 Å². The number of benzene rings is 2. The lowest BCUT2D eigenvalue weighted by Crippen LogP contribution is -2.51. The van der Waals surface area contributed by atoms with Crippen molar-refractivity contribution in [1.29, 1.82) is 0 Å². The molecule has 2 aromatic rings. The summed E-state index contributed by atoms with van der Waals surface area (Å²) in [5.74, 6) is -0.0866. The van der Waals surface area contributed by atoms with Gasteiger partial charge in [0.15, 0.2) is 11.3 Å². The number of anilines is 1. The molecule has 3 aliphatic rings. The van der Waals surface area contributed by atoms with E-state index in [1.54, 1.807) is 6.07 Å². The van der Waals surface area contributed by atoms with Gasteiger partial charge in [0.2, 0.25) is 0 Å². The summed E-state index contributed by atoms with van der Waals surface area (Å²) in [5.41, 5.74) is 1.21. The van der Waals surface area contributed by atoms with Gasteiger partial charge < -0.3 is 35.1 Å². The number of nitro groups is 1. The molecule has 2 aromatic carbocycles. The molecule has 2 saturated heterocycles. The number of carbonyl (C=O) groups excluding carboxylic acids is 1. The number of amidine groups is 1. The van der Waals surface area contributed by atoms with Crippen molar-refractivity contribution in [2.75, 3.05) is 45.3 Å². The first-order valence-electron chi connectivity index (χ1n) is 16.7. The molecule has 0 radical (unpaired) electrons. The molecule has 0 bridgehead atoms. The van der Waals surface area contributed by atoms with Crippen LogP contribution in [-0.2, 0) is 40.3 Å². The van der Waals surface area contributed by atoms with E-state index in [4.69, 9.17) is 23.9 Å². The minimum Gasteiger partial charge on any atom is -0.475 e. The largest absolute Gasteiger partial charge is 0.475 e. The highest BCUT2D eigenvalue weighted by molar-refractivity contribution is 7.89. The summed E-state index contributed by atoms with van der Waals surface area (Å²) >= 11 is 0. The van der Waals surface area contributed by atoms with Gasteiger partial charge in [-0.2, -0.15) is 0 Å². The van der Waals surface area contributed by atoms with Crippen molar-refractivity contribution in [3.8, 4) is 0 Å². The zero-order valence-corrected chi connectivity index (χ0v) is 28.9. The van der Waals surface area contributed by atoms with Gasteiger partial charge in [-0.25, -0.2) is 28.4 Å². The van der Waals surface area contributed by atoms with Crippen molar-refractivity contribution in [2.45, 2.75) is 74.1 Å². The third-order valence-electron chi connectivity index (χ3n) is 8.78. The fourth-order valence-corrected chi connectivity index (χ4v) is 7.46. The van der Waals surface area contributed by atoms with Gasteiger partial charge in [0.1, 0.15) is 11.2 Å². The van der Waals surface area contributed by atoms with Gasteiger partial charge in [-0.15, -0.1) is 0 Å². The first kappa shape index (κ1) is 38.1. The van der Waals surface area contributed by atoms with Crippen LogP contribution in [-0.4, -0.2) is 116 Å². The molecule has 3 fully saturated rings. The average Bonchev–Trinajstić information content (AvgIpc) is 3.87. The Balaban J connectivity index is 1.28. The summed E-state index contributed by atoms with van der Waals surface area (Å²) in [6.07, 6.45) is 0.407. The molecule has 0 spiro atoms. The molecule has 5 atom stereocenters. The molecule has 4 N–H and O–H groups in total. The Labute approximate surface area is 295 Å². The Bertz CT molecular complexity index is 1600. The van der Waals surface area contributed by atoms with E-state index in [-0.39, 0.29) is 43.1 Å². The van der Waals surface area contributed by atoms with E-state index < -0.39 is 58.3 Å². The van der Waals surface area contributed by atoms with Gasteiger partial charge in [0.25, 0.3) is 10.0 Å². The maximum absolute atomic E-state index is 14.1. The monoisotopic (exact) mass is 736 g/mol. The number of nitrogens with zero attached hydrogens (tertiary/aromatic N) is 4. The highest BCUT2D eigenvalue weighted by atomic mass is 32.2. The van der Waals surface area contributed by atoms with Crippen LogP contribution < -0.4 is 10.6 Å². The lowest BCUT2D eigenvalue weighted by molar-refractivity contribution is -0.487. The van der Waals surface area contributed by atoms with Crippen LogP contribution in [0.1, 0.15) is 37.7 Å². The summed E-state index contributed by atoms with van der Waals surface area (Å²) < 4.78 is 45.9. The van der Waals surface area contributed by atoms with Crippen LogP contribution in [0.3, 0.4) is 0 Å². The van der Waals surface area contributed by atoms with Gasteiger partial charge >= 0.3 is 12.1 Å². The number of sulfonamides is 1. The minimum atomic E-state index is -4.35. The zero-order chi connectivity index (χ0) is 36.4. The van der Waals surface area contributed by atoms with Crippen LogP contribution >= 0.6 is 0 Å². The molecule has 18 nitrogen and oxygen atoms in total. The first-order valence-corrected chi connectivity index (χ1v) is 18.2. The number of fused-ring (bicyclic) bond motifs is 1. The average molecular weight is 737 g/mol. The predicted octanol–water partition coefficient (Wildman–Crippen LogP) is 2.39. The number of alkyl carbamates (subject to hydrolysis) is 1. The van der Waals surface area contributed by atoms with E-state index >= 15 is 0 Å². The number of aliphatic hydroxyl groups is 2. The number of rotatable bonds is 17. The Morgan fingerprint density at radius 2 is 1.90 bits per heavy atom. The van der Waals surface area contributed by atoms with Crippen LogP contribution in [0, 0.1) is 16.0 Å². The number of hydrogen-bond donors (Lipinski definition) is 4. The van der Waals surface area contributed by atoms with Gasteiger partial charge in [-0.1, -0.05) is 53.7 Å². The quantitative estimate of drug-likeness (QED) is 0.0602. The standard InChI is InChI=1S/C32H44N6O12S/c1-36(31(40)35-38(42)43)48-17-15-33-23-10-7-13-25(19-23)51(44,45)37(50-24-11-5-6-12-24)20-28(39)27(18-22-8-3-2-4-9-22)34-32(41)49-29-21-47-30-26(29)14-16-46-30/h2-4,7-10,13,19,24,26-30,33,39H,5-6,11-12,14-18,20-21H2,1H3,(H,34,41)(H,35,40)/t26-,27+,28-,29-,30+/m1/s1. The number of amides is 1. The van der Waals surface area contributed by atoms with E-state index in [0.717, 1.165) is 27.9 Å². The van der Waals surface area contributed by atoms with Crippen molar-refractivity contribution in [3.05, 3.63) is 70.3 Å². The lowest BCUT2D eigenvalue weighted by Gasteiger charge is -2.31. The number of ether oxygens (including phenoxy) is 3. The summed E-state index contributed by atoms with van der Waals surface area (Å²) in [5, 5.41) is 39.7. The molecular weight excluding hydrogens is 692 g/mol. The lowest BCUT2D eigenvalue weighted by atomic mass is 10.0.